The van der Waals surface area contributed by atoms with E-state index in [0.29, 0.717) is 40.3 Å². The Kier molecular flexibility index (Phi) is 8.79. The number of halogens is 2. The third-order valence-corrected chi connectivity index (χ3v) is 6.40. The molecule has 1 heterocycles. The van der Waals surface area contributed by atoms with Crippen LogP contribution in [0.15, 0.2) is 66.3 Å². The molecule has 0 fully saturated rings. The van der Waals surface area contributed by atoms with Crippen molar-refractivity contribution in [1.29, 1.82) is 0 Å². The largest absolute Gasteiger partial charge is 0.342 e. The molecule has 1 atom stereocenters. The van der Waals surface area contributed by atoms with Crippen molar-refractivity contribution in [2.75, 3.05) is 0 Å². The minimum Gasteiger partial charge on any atom is -0.342 e. The third kappa shape index (κ3) is 6.37. The lowest BCUT2D eigenvalue weighted by atomic mass is 10.0. The second kappa shape index (κ2) is 11.5. The van der Waals surface area contributed by atoms with Gasteiger partial charge in [-0.05, 0) is 42.2 Å². The number of nitrogens with zero attached hydrogens (tertiary/aromatic N) is 3. The average Bonchev–Trinajstić information content (AvgIpc) is 3.15. The number of carbonyl (C=O) groups is 1. The molecule has 0 spiro atoms. The second-order valence-corrected chi connectivity index (χ2v) is 9.58. The van der Waals surface area contributed by atoms with E-state index in [1.807, 2.05) is 34.9 Å². The van der Waals surface area contributed by atoms with Gasteiger partial charge in [0.15, 0.2) is 11.0 Å². The average molecular weight is 489 g/mol. The Bertz CT molecular complexity index is 1070. The van der Waals surface area contributed by atoms with Crippen LogP contribution in [0.1, 0.15) is 48.1 Å². The molecule has 0 radical (unpaired) electrons. The lowest BCUT2D eigenvalue weighted by Crippen LogP contribution is -2.31. The van der Waals surface area contributed by atoms with E-state index in [1.165, 1.54) is 0 Å². The first-order chi connectivity index (χ1) is 15.4. The van der Waals surface area contributed by atoms with Gasteiger partial charge < -0.3 is 9.88 Å². The molecule has 0 saturated carbocycles. The molecular weight excluding hydrogens is 463 g/mol. The predicted molar refractivity (Wildman–Crippen MR) is 132 cm³/mol. The Morgan fingerprint density at radius 2 is 1.88 bits per heavy atom. The van der Waals surface area contributed by atoms with Crippen molar-refractivity contribution in [2.45, 2.75) is 43.8 Å². The Morgan fingerprint density at radius 3 is 2.53 bits per heavy atom. The highest BCUT2D eigenvalue weighted by atomic mass is 35.5. The van der Waals surface area contributed by atoms with Crippen molar-refractivity contribution < 1.29 is 4.79 Å². The van der Waals surface area contributed by atoms with Crippen LogP contribution < -0.4 is 5.32 Å². The summed E-state index contributed by atoms with van der Waals surface area (Å²) in [4.78, 5) is 13.0. The first-order valence-electron chi connectivity index (χ1n) is 10.4. The van der Waals surface area contributed by atoms with Gasteiger partial charge in [0, 0.05) is 17.3 Å². The molecule has 5 nitrogen and oxygen atoms in total. The van der Waals surface area contributed by atoms with Crippen LogP contribution in [-0.2, 0) is 12.3 Å². The zero-order valence-electron chi connectivity index (χ0n) is 18.1. The summed E-state index contributed by atoms with van der Waals surface area (Å²) in [6.45, 7) is 8.64. The number of amides is 1. The molecule has 1 aromatic heterocycles. The molecule has 0 unspecified atom stereocenters. The van der Waals surface area contributed by atoms with Crippen molar-refractivity contribution in [1.82, 2.24) is 20.1 Å². The maximum Gasteiger partial charge on any atom is 0.253 e. The monoisotopic (exact) mass is 488 g/mol. The predicted octanol–water partition coefficient (Wildman–Crippen LogP) is 6.58. The third-order valence-electron chi connectivity index (χ3n) is 4.78. The molecule has 0 aliphatic heterocycles. The highest BCUT2D eigenvalue weighted by molar-refractivity contribution is 7.98. The number of nitrogens with one attached hydrogen (secondary N) is 1. The van der Waals surface area contributed by atoms with E-state index < -0.39 is 0 Å². The van der Waals surface area contributed by atoms with Crippen LogP contribution in [0, 0.1) is 5.92 Å². The normalized spacial score (nSPS) is 12.0. The van der Waals surface area contributed by atoms with Crippen molar-refractivity contribution in [3.8, 4) is 0 Å². The zero-order valence-corrected chi connectivity index (χ0v) is 20.4. The van der Waals surface area contributed by atoms with Crippen LogP contribution in [0.2, 0.25) is 10.0 Å². The van der Waals surface area contributed by atoms with Crippen LogP contribution in [0.3, 0.4) is 0 Å². The summed E-state index contributed by atoms with van der Waals surface area (Å²) >= 11 is 13.8. The standard InChI is InChI=1S/C24H26Cl2N4OS/c1-4-13-30-22(28-29-24(30)32-15-17-9-11-18(25)12-10-17)21(14-16(2)3)27-23(31)19-7-5-6-8-20(19)26/h4-12,16,21H,1,13-15H2,2-3H3,(H,27,31)/t21-/m0/s1. The van der Waals surface area contributed by atoms with E-state index in [9.17, 15) is 4.79 Å². The summed E-state index contributed by atoms with van der Waals surface area (Å²) in [6, 6.07) is 14.5. The summed E-state index contributed by atoms with van der Waals surface area (Å²) in [6.07, 6.45) is 2.52. The van der Waals surface area contributed by atoms with Gasteiger partial charge in [-0.3, -0.25) is 4.79 Å². The zero-order chi connectivity index (χ0) is 23.1. The number of hydrogen-bond acceptors (Lipinski definition) is 4. The first kappa shape index (κ1) is 24.4. The minimum atomic E-state index is -0.309. The fraction of sp³-hybridized carbons (Fsp3) is 0.292. The molecule has 168 valence electrons. The van der Waals surface area contributed by atoms with E-state index in [-0.39, 0.29) is 11.9 Å². The van der Waals surface area contributed by atoms with E-state index >= 15 is 0 Å². The van der Waals surface area contributed by atoms with Crippen molar-refractivity contribution >= 4 is 40.9 Å². The van der Waals surface area contributed by atoms with Gasteiger partial charge in [-0.15, -0.1) is 16.8 Å². The van der Waals surface area contributed by atoms with E-state index in [4.69, 9.17) is 23.2 Å². The Labute approximate surface area is 203 Å². The van der Waals surface area contributed by atoms with E-state index in [2.05, 4.69) is 35.9 Å². The SMILES string of the molecule is C=CCn1c(SCc2ccc(Cl)cc2)nnc1[C@H](CC(C)C)NC(=O)c1ccccc1Cl. The molecule has 1 N–H and O–H groups in total. The first-order valence-corrected chi connectivity index (χ1v) is 12.1. The van der Waals surface area contributed by atoms with Gasteiger partial charge >= 0.3 is 0 Å². The summed E-state index contributed by atoms with van der Waals surface area (Å²) in [5, 5.41) is 13.9. The van der Waals surface area contributed by atoms with Gasteiger partial charge in [0.25, 0.3) is 5.91 Å². The number of rotatable bonds is 10. The number of carbonyl (C=O) groups excluding carboxylic acids is 1. The Hall–Kier alpha value is -2.28. The summed E-state index contributed by atoms with van der Waals surface area (Å²) in [5.74, 6) is 1.54. The number of benzene rings is 2. The summed E-state index contributed by atoms with van der Waals surface area (Å²) < 4.78 is 2.01. The molecule has 2 aromatic carbocycles. The maximum absolute atomic E-state index is 13.0. The van der Waals surface area contributed by atoms with Gasteiger partial charge in [0.2, 0.25) is 0 Å². The molecule has 0 saturated heterocycles. The number of allylic oxidation sites excluding steroid dienone is 1. The second-order valence-electron chi connectivity index (χ2n) is 7.79. The van der Waals surface area contributed by atoms with Gasteiger partial charge in [-0.1, -0.05) is 79.2 Å². The smallest absolute Gasteiger partial charge is 0.253 e. The Balaban J connectivity index is 1.85. The maximum atomic E-state index is 13.0. The van der Waals surface area contributed by atoms with Crippen LogP contribution in [0.25, 0.3) is 0 Å². The van der Waals surface area contributed by atoms with E-state index in [0.717, 1.165) is 16.5 Å². The van der Waals surface area contributed by atoms with Gasteiger partial charge in [0.05, 0.1) is 16.6 Å². The van der Waals surface area contributed by atoms with Crippen molar-refractivity contribution in [3.63, 3.8) is 0 Å². The molecule has 8 heteroatoms. The Morgan fingerprint density at radius 1 is 1.16 bits per heavy atom. The van der Waals surface area contributed by atoms with Crippen LogP contribution in [0.4, 0.5) is 0 Å². The number of hydrogen-bond donors (Lipinski definition) is 1. The lowest BCUT2D eigenvalue weighted by molar-refractivity contribution is 0.0929. The van der Waals surface area contributed by atoms with Gasteiger partial charge in [-0.2, -0.15) is 0 Å². The fourth-order valence-electron chi connectivity index (χ4n) is 3.28. The van der Waals surface area contributed by atoms with Crippen molar-refractivity contribution in [2.24, 2.45) is 5.92 Å². The number of thioether (sulfide) groups is 1. The molecule has 1 amide bonds. The van der Waals surface area contributed by atoms with Crippen LogP contribution in [-0.4, -0.2) is 20.7 Å². The molecule has 3 aromatic rings. The summed E-state index contributed by atoms with van der Waals surface area (Å²) in [7, 11) is 0. The lowest BCUT2D eigenvalue weighted by Gasteiger charge is -2.21. The topological polar surface area (TPSA) is 59.8 Å². The molecule has 0 aliphatic rings. The quantitative estimate of drug-likeness (QED) is 0.258. The molecule has 0 aliphatic carbocycles. The fourth-order valence-corrected chi connectivity index (χ4v) is 4.53. The number of aromatic nitrogens is 3. The van der Waals surface area contributed by atoms with Crippen molar-refractivity contribution in [3.05, 3.63) is 88.2 Å². The van der Waals surface area contributed by atoms with Gasteiger partial charge in [0.1, 0.15) is 0 Å². The minimum absolute atomic E-state index is 0.232. The highest BCUT2D eigenvalue weighted by Gasteiger charge is 2.25. The van der Waals surface area contributed by atoms with Gasteiger partial charge in [-0.25, -0.2) is 0 Å². The molecule has 0 bridgehead atoms. The highest BCUT2D eigenvalue weighted by Crippen LogP contribution is 2.28. The summed E-state index contributed by atoms with van der Waals surface area (Å²) in [5.41, 5.74) is 1.58. The van der Waals surface area contributed by atoms with Crippen LogP contribution in [0.5, 0.6) is 0 Å². The molecular formula is C24H26Cl2N4OS. The van der Waals surface area contributed by atoms with E-state index in [1.54, 1.807) is 36.0 Å². The molecule has 3 rings (SSSR count). The van der Waals surface area contributed by atoms with Crippen LogP contribution >= 0.6 is 35.0 Å². The molecule has 32 heavy (non-hydrogen) atoms.